The summed E-state index contributed by atoms with van der Waals surface area (Å²) in [7, 11) is 0. The SMILES string of the molecule is O=C(CO)[C@@H](O)[C@H](O)[C@H](O)CO.O=Cc1ccc(CO)o1. The van der Waals surface area contributed by atoms with Crippen LogP contribution in [-0.2, 0) is 11.4 Å². The zero-order valence-corrected chi connectivity index (χ0v) is 11.0. The van der Waals surface area contributed by atoms with Crippen molar-refractivity contribution in [3.05, 3.63) is 23.7 Å². The van der Waals surface area contributed by atoms with Gasteiger partial charge in [0.05, 0.1) is 6.61 Å². The minimum atomic E-state index is -1.86. The van der Waals surface area contributed by atoms with Crippen LogP contribution in [0.3, 0.4) is 0 Å². The number of carbonyl (C=O) groups is 2. The molecule has 1 rings (SSSR count). The number of aldehydes is 1. The summed E-state index contributed by atoms with van der Waals surface area (Å²) in [5.41, 5.74) is 0. The maximum Gasteiger partial charge on any atom is 0.189 e. The topological polar surface area (TPSA) is 169 Å². The van der Waals surface area contributed by atoms with Crippen LogP contribution in [0.1, 0.15) is 16.3 Å². The molecule has 21 heavy (non-hydrogen) atoms. The number of rotatable bonds is 7. The molecule has 0 bridgehead atoms. The van der Waals surface area contributed by atoms with Crippen LogP contribution in [0.4, 0.5) is 0 Å². The van der Waals surface area contributed by atoms with Crippen LogP contribution in [0.25, 0.3) is 0 Å². The van der Waals surface area contributed by atoms with Crippen molar-refractivity contribution in [1.82, 2.24) is 0 Å². The maximum atomic E-state index is 10.5. The van der Waals surface area contributed by atoms with Gasteiger partial charge in [0.1, 0.15) is 37.3 Å². The lowest BCUT2D eigenvalue weighted by molar-refractivity contribution is -0.142. The summed E-state index contributed by atoms with van der Waals surface area (Å²) in [4.78, 5) is 20.5. The van der Waals surface area contributed by atoms with E-state index in [9.17, 15) is 9.59 Å². The van der Waals surface area contributed by atoms with E-state index in [2.05, 4.69) is 0 Å². The molecule has 0 aliphatic rings. The first-order valence-corrected chi connectivity index (χ1v) is 5.84. The van der Waals surface area contributed by atoms with Crippen molar-refractivity contribution in [3.63, 3.8) is 0 Å². The summed E-state index contributed by atoms with van der Waals surface area (Å²) < 4.78 is 4.76. The molecule has 0 radical (unpaired) electrons. The lowest BCUT2D eigenvalue weighted by Gasteiger charge is -2.19. The predicted octanol–water partition coefficient (Wildman–Crippen LogP) is -2.79. The fraction of sp³-hybridized carbons (Fsp3) is 0.500. The number of aliphatic hydroxyl groups excluding tert-OH is 6. The third kappa shape index (κ3) is 6.58. The highest BCUT2D eigenvalue weighted by Gasteiger charge is 2.28. The third-order valence-corrected chi connectivity index (χ3v) is 2.34. The highest BCUT2D eigenvalue weighted by atomic mass is 16.4. The normalized spacial score (nSPS) is 14.6. The monoisotopic (exact) mass is 306 g/mol. The van der Waals surface area contributed by atoms with E-state index in [-0.39, 0.29) is 12.4 Å². The van der Waals surface area contributed by atoms with Crippen molar-refractivity contribution in [2.45, 2.75) is 24.9 Å². The minimum Gasteiger partial charge on any atom is -0.456 e. The molecule has 120 valence electrons. The van der Waals surface area contributed by atoms with E-state index in [1.165, 1.54) is 6.07 Å². The van der Waals surface area contributed by atoms with Crippen LogP contribution in [-0.4, -0.2) is 74.2 Å². The van der Waals surface area contributed by atoms with Crippen molar-refractivity contribution in [1.29, 1.82) is 0 Å². The van der Waals surface area contributed by atoms with E-state index >= 15 is 0 Å². The Morgan fingerprint density at radius 3 is 2.14 bits per heavy atom. The van der Waals surface area contributed by atoms with Gasteiger partial charge in [-0.1, -0.05) is 0 Å². The van der Waals surface area contributed by atoms with Crippen LogP contribution in [0.2, 0.25) is 0 Å². The van der Waals surface area contributed by atoms with Crippen LogP contribution < -0.4 is 0 Å². The van der Waals surface area contributed by atoms with E-state index in [1.807, 2.05) is 0 Å². The molecule has 9 heteroatoms. The molecule has 0 unspecified atom stereocenters. The summed E-state index contributed by atoms with van der Waals surface area (Å²) in [6.45, 7) is -1.85. The largest absolute Gasteiger partial charge is 0.456 e. The van der Waals surface area contributed by atoms with Crippen LogP contribution >= 0.6 is 0 Å². The van der Waals surface area contributed by atoms with Gasteiger partial charge in [-0.25, -0.2) is 0 Å². The molecule has 0 aliphatic heterocycles. The van der Waals surface area contributed by atoms with Gasteiger partial charge in [0, 0.05) is 0 Å². The summed E-state index contributed by atoms with van der Waals surface area (Å²) in [5, 5.41) is 51.5. The average molecular weight is 306 g/mol. The van der Waals surface area contributed by atoms with Gasteiger partial charge in [-0.3, -0.25) is 9.59 Å². The highest BCUT2D eigenvalue weighted by Crippen LogP contribution is 2.04. The zero-order valence-electron chi connectivity index (χ0n) is 11.0. The quantitative estimate of drug-likeness (QED) is 0.291. The molecule has 1 aromatic rings. The maximum absolute atomic E-state index is 10.5. The van der Waals surface area contributed by atoms with Gasteiger partial charge in [0.25, 0.3) is 0 Å². The van der Waals surface area contributed by atoms with Crippen molar-refractivity contribution in [2.24, 2.45) is 0 Å². The van der Waals surface area contributed by atoms with Gasteiger partial charge in [-0.2, -0.15) is 0 Å². The third-order valence-electron chi connectivity index (χ3n) is 2.34. The van der Waals surface area contributed by atoms with Gasteiger partial charge in [-0.05, 0) is 12.1 Å². The number of hydrogen-bond donors (Lipinski definition) is 6. The number of hydrogen-bond acceptors (Lipinski definition) is 9. The second-order valence-electron chi connectivity index (χ2n) is 3.89. The Morgan fingerprint density at radius 2 is 1.81 bits per heavy atom. The first kappa shape index (κ1) is 19.4. The molecule has 0 saturated carbocycles. The van der Waals surface area contributed by atoms with Gasteiger partial charge < -0.3 is 35.1 Å². The van der Waals surface area contributed by atoms with Gasteiger partial charge in [0.15, 0.2) is 17.8 Å². The molecule has 6 N–H and O–H groups in total. The molecule has 0 saturated heterocycles. The van der Waals surface area contributed by atoms with Gasteiger partial charge in [0.2, 0.25) is 0 Å². The molecule has 0 amide bonds. The molecule has 3 atom stereocenters. The van der Waals surface area contributed by atoms with Crippen LogP contribution in [0.15, 0.2) is 16.5 Å². The van der Waals surface area contributed by atoms with Crippen molar-refractivity contribution in [2.75, 3.05) is 13.2 Å². The number of furan rings is 1. The van der Waals surface area contributed by atoms with Crippen LogP contribution in [0, 0.1) is 0 Å². The molecular weight excluding hydrogens is 288 g/mol. The lowest BCUT2D eigenvalue weighted by Crippen LogP contribution is -2.44. The van der Waals surface area contributed by atoms with E-state index in [0.717, 1.165) is 0 Å². The van der Waals surface area contributed by atoms with E-state index in [4.69, 9.17) is 35.1 Å². The van der Waals surface area contributed by atoms with E-state index in [0.29, 0.717) is 12.0 Å². The first-order valence-electron chi connectivity index (χ1n) is 5.84. The Bertz CT molecular complexity index is 428. The second kappa shape index (κ2) is 10.2. The molecule has 0 aromatic carbocycles. The number of carbonyl (C=O) groups excluding carboxylic acids is 2. The van der Waals surface area contributed by atoms with Crippen molar-refractivity contribution < 1.29 is 44.6 Å². The Hall–Kier alpha value is -1.62. The van der Waals surface area contributed by atoms with Crippen molar-refractivity contribution >= 4 is 12.1 Å². The van der Waals surface area contributed by atoms with Gasteiger partial charge in [-0.15, -0.1) is 0 Å². The van der Waals surface area contributed by atoms with Gasteiger partial charge >= 0.3 is 0 Å². The number of Topliss-reactive ketones (excluding diaryl/α,β-unsaturated/α-hetero) is 1. The number of ketones is 1. The van der Waals surface area contributed by atoms with Crippen molar-refractivity contribution in [3.8, 4) is 0 Å². The molecule has 0 fully saturated rings. The Labute approximate surface area is 119 Å². The standard InChI is InChI=1S/C6H12O6.C6H6O3/c7-1-3(9)5(11)6(12)4(10)2-8;7-3-5-1-2-6(4-8)9-5/h3,5-9,11-12H,1-2H2;1-3,8H,4H2/t3-,5-,6-;/m1./s1. The fourth-order valence-corrected chi connectivity index (χ4v) is 1.15. The predicted molar refractivity (Wildman–Crippen MR) is 67.2 cm³/mol. The highest BCUT2D eigenvalue weighted by molar-refractivity contribution is 5.84. The smallest absolute Gasteiger partial charge is 0.189 e. The fourth-order valence-electron chi connectivity index (χ4n) is 1.15. The van der Waals surface area contributed by atoms with Crippen LogP contribution in [0.5, 0.6) is 0 Å². The van der Waals surface area contributed by atoms with E-state index < -0.39 is 37.3 Å². The summed E-state index contributed by atoms with van der Waals surface area (Å²) >= 11 is 0. The summed E-state index contributed by atoms with van der Waals surface area (Å²) in [5.74, 6) is -0.342. The lowest BCUT2D eigenvalue weighted by atomic mass is 10.1. The molecule has 1 heterocycles. The molecular formula is C12H18O9. The molecule has 0 spiro atoms. The Balaban J connectivity index is 0.000000394. The molecule has 9 nitrogen and oxygen atoms in total. The molecule has 1 aromatic heterocycles. The average Bonchev–Trinajstić information content (AvgIpc) is 3.00. The van der Waals surface area contributed by atoms with E-state index in [1.54, 1.807) is 6.07 Å². The minimum absolute atomic E-state index is 0.159. The second-order valence-corrected chi connectivity index (χ2v) is 3.89. The summed E-state index contributed by atoms with van der Waals surface area (Å²) in [6, 6.07) is 3.07. The summed E-state index contributed by atoms with van der Waals surface area (Å²) in [6.07, 6.45) is -4.62. The Morgan fingerprint density at radius 1 is 1.19 bits per heavy atom. The molecule has 0 aliphatic carbocycles. The Kier molecular flexibility index (Phi) is 9.37. The number of aliphatic hydroxyl groups is 6. The first-order chi connectivity index (χ1) is 9.90. The zero-order chi connectivity index (χ0) is 16.4.